The topological polar surface area (TPSA) is 80.0 Å². The standard InChI is InChI=1S/C16H20N4O2/c21-16(18-12-5-2-1-3-6-12)14-8-9-15(20-19-14)17-11-13-7-4-10-22-13/h4,7-10,12H,1-3,5-6,11H2,(H,17,20)(H,18,21). The Bertz CT molecular complexity index is 589. The second kappa shape index (κ2) is 7.06. The zero-order valence-corrected chi connectivity index (χ0v) is 12.4. The summed E-state index contributed by atoms with van der Waals surface area (Å²) in [6, 6.07) is 7.44. The lowest BCUT2D eigenvalue weighted by molar-refractivity contribution is 0.0921. The van der Waals surface area contributed by atoms with Crippen LogP contribution in [-0.4, -0.2) is 22.1 Å². The molecule has 2 N–H and O–H groups in total. The van der Waals surface area contributed by atoms with Gasteiger partial charge in [-0.3, -0.25) is 4.79 Å². The molecule has 0 unspecified atom stereocenters. The summed E-state index contributed by atoms with van der Waals surface area (Å²) in [6.07, 6.45) is 7.38. The molecule has 2 aromatic heterocycles. The van der Waals surface area contributed by atoms with Gasteiger partial charge in [-0.1, -0.05) is 19.3 Å². The third-order valence-corrected chi connectivity index (χ3v) is 3.86. The Balaban J connectivity index is 1.52. The molecular formula is C16H20N4O2. The summed E-state index contributed by atoms with van der Waals surface area (Å²) >= 11 is 0. The number of furan rings is 1. The van der Waals surface area contributed by atoms with Crippen LogP contribution in [0.25, 0.3) is 0 Å². The molecule has 0 atom stereocenters. The van der Waals surface area contributed by atoms with Gasteiger partial charge >= 0.3 is 0 Å². The predicted molar refractivity (Wildman–Crippen MR) is 82.4 cm³/mol. The average Bonchev–Trinajstić information content (AvgIpc) is 3.08. The third-order valence-electron chi connectivity index (χ3n) is 3.86. The van der Waals surface area contributed by atoms with Crippen LogP contribution in [0.5, 0.6) is 0 Å². The second-order valence-electron chi connectivity index (χ2n) is 5.55. The molecule has 2 heterocycles. The maximum Gasteiger partial charge on any atom is 0.272 e. The summed E-state index contributed by atoms with van der Waals surface area (Å²) in [6.45, 7) is 0.537. The van der Waals surface area contributed by atoms with Crippen molar-refractivity contribution in [3.63, 3.8) is 0 Å². The minimum atomic E-state index is -0.142. The van der Waals surface area contributed by atoms with Crippen LogP contribution < -0.4 is 10.6 Å². The van der Waals surface area contributed by atoms with E-state index >= 15 is 0 Å². The number of anilines is 1. The van der Waals surface area contributed by atoms with E-state index in [0.717, 1.165) is 18.6 Å². The zero-order chi connectivity index (χ0) is 15.2. The Labute approximate surface area is 129 Å². The smallest absolute Gasteiger partial charge is 0.272 e. The molecule has 0 radical (unpaired) electrons. The highest BCUT2D eigenvalue weighted by Crippen LogP contribution is 2.17. The SMILES string of the molecule is O=C(NC1CCCCC1)c1ccc(NCc2ccco2)nn1. The number of hydrogen-bond acceptors (Lipinski definition) is 5. The molecule has 0 saturated heterocycles. The monoisotopic (exact) mass is 300 g/mol. The van der Waals surface area contributed by atoms with E-state index in [-0.39, 0.29) is 11.9 Å². The molecule has 0 aliphatic heterocycles. The van der Waals surface area contributed by atoms with Gasteiger partial charge in [-0.15, -0.1) is 10.2 Å². The highest BCUT2D eigenvalue weighted by molar-refractivity contribution is 5.92. The predicted octanol–water partition coefficient (Wildman–Crippen LogP) is 2.74. The maximum absolute atomic E-state index is 12.1. The van der Waals surface area contributed by atoms with Gasteiger partial charge in [0.2, 0.25) is 0 Å². The van der Waals surface area contributed by atoms with Crippen LogP contribution in [0, 0.1) is 0 Å². The number of amides is 1. The van der Waals surface area contributed by atoms with E-state index in [1.165, 1.54) is 19.3 Å². The van der Waals surface area contributed by atoms with E-state index in [0.29, 0.717) is 18.1 Å². The number of aromatic nitrogens is 2. The van der Waals surface area contributed by atoms with Crippen LogP contribution in [0.15, 0.2) is 34.9 Å². The first kappa shape index (κ1) is 14.6. The number of hydrogen-bond donors (Lipinski definition) is 2. The quantitative estimate of drug-likeness (QED) is 0.887. The van der Waals surface area contributed by atoms with Crippen molar-refractivity contribution in [2.75, 3.05) is 5.32 Å². The van der Waals surface area contributed by atoms with Gasteiger partial charge in [-0.2, -0.15) is 0 Å². The number of carbonyl (C=O) groups excluding carboxylic acids is 1. The number of rotatable bonds is 5. The molecule has 22 heavy (non-hydrogen) atoms. The average molecular weight is 300 g/mol. The van der Waals surface area contributed by atoms with Crippen molar-refractivity contribution < 1.29 is 9.21 Å². The van der Waals surface area contributed by atoms with Crippen molar-refractivity contribution in [3.05, 3.63) is 42.0 Å². The molecular weight excluding hydrogens is 280 g/mol. The Morgan fingerprint density at radius 2 is 2.05 bits per heavy atom. The summed E-state index contributed by atoms with van der Waals surface area (Å²) in [5, 5.41) is 14.1. The van der Waals surface area contributed by atoms with Crippen molar-refractivity contribution in [1.29, 1.82) is 0 Å². The largest absolute Gasteiger partial charge is 0.467 e. The van der Waals surface area contributed by atoms with E-state index in [1.807, 2.05) is 12.1 Å². The lowest BCUT2D eigenvalue weighted by Gasteiger charge is -2.22. The van der Waals surface area contributed by atoms with Crippen molar-refractivity contribution in [1.82, 2.24) is 15.5 Å². The van der Waals surface area contributed by atoms with Crippen LogP contribution in [0.1, 0.15) is 48.4 Å². The van der Waals surface area contributed by atoms with E-state index in [4.69, 9.17) is 4.42 Å². The van der Waals surface area contributed by atoms with Crippen molar-refractivity contribution in [3.8, 4) is 0 Å². The van der Waals surface area contributed by atoms with Gasteiger partial charge < -0.3 is 15.1 Å². The molecule has 1 fully saturated rings. The molecule has 0 aromatic carbocycles. The number of carbonyl (C=O) groups is 1. The molecule has 2 aromatic rings. The number of nitrogens with one attached hydrogen (secondary N) is 2. The fraction of sp³-hybridized carbons (Fsp3) is 0.438. The molecule has 1 saturated carbocycles. The maximum atomic E-state index is 12.1. The first-order valence-electron chi connectivity index (χ1n) is 7.72. The van der Waals surface area contributed by atoms with E-state index in [9.17, 15) is 4.79 Å². The molecule has 1 aliphatic carbocycles. The Morgan fingerprint density at radius 1 is 1.18 bits per heavy atom. The van der Waals surface area contributed by atoms with Gasteiger partial charge in [-0.05, 0) is 37.1 Å². The zero-order valence-electron chi connectivity index (χ0n) is 12.4. The van der Waals surface area contributed by atoms with Crippen molar-refractivity contribution in [2.24, 2.45) is 0 Å². The van der Waals surface area contributed by atoms with Gasteiger partial charge in [0.25, 0.3) is 5.91 Å². The van der Waals surface area contributed by atoms with Gasteiger partial charge in [0, 0.05) is 6.04 Å². The third kappa shape index (κ3) is 3.84. The normalized spacial score (nSPS) is 15.5. The Hall–Kier alpha value is -2.37. The summed E-state index contributed by atoms with van der Waals surface area (Å²) in [4.78, 5) is 12.1. The van der Waals surface area contributed by atoms with E-state index < -0.39 is 0 Å². The molecule has 0 bridgehead atoms. The highest BCUT2D eigenvalue weighted by atomic mass is 16.3. The minimum Gasteiger partial charge on any atom is -0.467 e. The first-order chi connectivity index (χ1) is 10.8. The molecule has 0 spiro atoms. The van der Waals surface area contributed by atoms with Gasteiger partial charge in [-0.25, -0.2) is 0 Å². The highest BCUT2D eigenvalue weighted by Gasteiger charge is 2.17. The fourth-order valence-electron chi connectivity index (χ4n) is 2.64. The van der Waals surface area contributed by atoms with Gasteiger partial charge in [0.15, 0.2) is 5.69 Å². The summed E-state index contributed by atoms with van der Waals surface area (Å²) < 4.78 is 5.23. The van der Waals surface area contributed by atoms with Gasteiger partial charge in [0.05, 0.1) is 12.8 Å². The van der Waals surface area contributed by atoms with Gasteiger partial charge in [0.1, 0.15) is 11.6 Å². The lowest BCUT2D eigenvalue weighted by atomic mass is 9.95. The fourth-order valence-corrected chi connectivity index (χ4v) is 2.64. The van der Waals surface area contributed by atoms with Crippen LogP contribution in [0.2, 0.25) is 0 Å². The molecule has 1 aliphatic rings. The molecule has 1 amide bonds. The first-order valence-corrected chi connectivity index (χ1v) is 7.72. The lowest BCUT2D eigenvalue weighted by Crippen LogP contribution is -2.36. The van der Waals surface area contributed by atoms with Crippen LogP contribution in [-0.2, 0) is 6.54 Å². The molecule has 3 rings (SSSR count). The molecule has 6 nitrogen and oxygen atoms in total. The summed E-state index contributed by atoms with van der Waals surface area (Å²) in [7, 11) is 0. The van der Waals surface area contributed by atoms with E-state index in [1.54, 1.807) is 18.4 Å². The summed E-state index contributed by atoms with van der Waals surface area (Å²) in [5.74, 6) is 1.29. The molecule has 6 heteroatoms. The molecule has 116 valence electrons. The van der Waals surface area contributed by atoms with Crippen molar-refractivity contribution >= 4 is 11.7 Å². The second-order valence-corrected chi connectivity index (χ2v) is 5.55. The summed E-state index contributed by atoms with van der Waals surface area (Å²) in [5.41, 5.74) is 0.356. The minimum absolute atomic E-state index is 0.142. The van der Waals surface area contributed by atoms with Crippen LogP contribution >= 0.6 is 0 Å². The van der Waals surface area contributed by atoms with Crippen molar-refractivity contribution in [2.45, 2.75) is 44.7 Å². The Morgan fingerprint density at radius 3 is 2.73 bits per heavy atom. The number of nitrogens with zero attached hydrogens (tertiary/aromatic N) is 2. The Kier molecular flexibility index (Phi) is 4.68. The van der Waals surface area contributed by atoms with Crippen LogP contribution in [0.3, 0.4) is 0 Å². The van der Waals surface area contributed by atoms with E-state index in [2.05, 4.69) is 20.8 Å². The van der Waals surface area contributed by atoms with Crippen LogP contribution in [0.4, 0.5) is 5.82 Å².